The van der Waals surface area contributed by atoms with Gasteiger partial charge >= 0.3 is 0 Å². The lowest BCUT2D eigenvalue weighted by Gasteiger charge is -2.10. The predicted molar refractivity (Wildman–Crippen MR) is 115 cm³/mol. The van der Waals surface area contributed by atoms with Crippen molar-refractivity contribution < 1.29 is 0 Å². The number of aryl methyl sites for hydroxylation is 3. The number of nitrogens with zero attached hydrogens (tertiary/aromatic N) is 7. The zero-order valence-corrected chi connectivity index (χ0v) is 17.9. The average molecular weight is 396 g/mol. The van der Waals surface area contributed by atoms with E-state index in [4.69, 9.17) is 22.3 Å². The molecule has 3 aromatic heterocycles. The third-order valence-corrected chi connectivity index (χ3v) is 5.79. The molecule has 3 aromatic rings. The lowest BCUT2D eigenvalue weighted by molar-refractivity contribution is 0.619. The van der Waals surface area contributed by atoms with Crippen molar-refractivity contribution in [2.24, 2.45) is 18.0 Å². The molecular weight excluding hydrogens is 370 g/mol. The highest BCUT2D eigenvalue weighted by Crippen LogP contribution is 2.48. The van der Waals surface area contributed by atoms with Crippen molar-refractivity contribution in [3.63, 3.8) is 0 Å². The maximum atomic E-state index is 5.55. The number of aromatic nitrogens is 5. The first-order chi connectivity index (χ1) is 13.3. The van der Waals surface area contributed by atoms with Crippen LogP contribution in [0.5, 0.6) is 0 Å². The van der Waals surface area contributed by atoms with Gasteiger partial charge < -0.3 is 4.90 Å². The van der Waals surface area contributed by atoms with Crippen LogP contribution in [0.4, 0.5) is 0 Å². The monoisotopic (exact) mass is 395 g/mol. The first-order valence-electron chi connectivity index (χ1n) is 9.39. The van der Waals surface area contributed by atoms with Gasteiger partial charge in [-0.15, -0.1) is 0 Å². The summed E-state index contributed by atoms with van der Waals surface area (Å²) in [6.45, 7) is 6.05. The van der Waals surface area contributed by atoms with E-state index in [1.807, 2.05) is 62.2 Å². The zero-order chi connectivity index (χ0) is 20.2. The van der Waals surface area contributed by atoms with Gasteiger partial charge in [-0.25, -0.2) is 14.5 Å². The molecule has 2 atom stereocenters. The van der Waals surface area contributed by atoms with Crippen molar-refractivity contribution in [3.05, 3.63) is 35.3 Å². The van der Waals surface area contributed by atoms with Gasteiger partial charge in [0, 0.05) is 44.2 Å². The fraction of sp³-hybridized carbons (Fsp3) is 0.450. The van der Waals surface area contributed by atoms with Gasteiger partial charge in [-0.2, -0.15) is 10.2 Å². The summed E-state index contributed by atoms with van der Waals surface area (Å²) in [7, 11) is 5.92. The van der Waals surface area contributed by atoms with E-state index in [0.717, 1.165) is 51.2 Å². The maximum absolute atomic E-state index is 5.55. The molecule has 0 radical (unpaired) electrons. The molecule has 1 aliphatic carbocycles. The van der Waals surface area contributed by atoms with E-state index in [1.54, 1.807) is 0 Å². The Balaban J connectivity index is 1.61. The Bertz CT molecular complexity index is 1110. The Labute approximate surface area is 170 Å². The standard InChI is InChI=1S/C20H25N7S/c1-11-10-21-27-12(2)7-17(23-19(11)27)18-9-16(24-26(18)6)14-8-15(14)20(28)22-13(3)25(4)5/h7,9-10,14-15H,8H2,1-6H3. The number of hydrogen-bond donors (Lipinski definition) is 0. The van der Waals surface area contributed by atoms with Crippen molar-refractivity contribution in [3.8, 4) is 11.4 Å². The second-order valence-corrected chi connectivity index (χ2v) is 8.18. The van der Waals surface area contributed by atoms with Gasteiger partial charge in [0.05, 0.1) is 23.3 Å². The minimum atomic E-state index is 0.293. The number of aliphatic imine (C=N–C) groups is 1. The molecule has 0 bridgehead atoms. The molecule has 0 N–H and O–H groups in total. The molecule has 7 nitrogen and oxygen atoms in total. The summed E-state index contributed by atoms with van der Waals surface area (Å²) < 4.78 is 3.78. The Kier molecular flexibility index (Phi) is 4.53. The molecular formula is C20H25N7S. The average Bonchev–Trinajstić information content (AvgIpc) is 3.22. The molecule has 3 heterocycles. The van der Waals surface area contributed by atoms with Crippen LogP contribution in [0.15, 0.2) is 23.3 Å². The molecule has 1 aliphatic rings. The van der Waals surface area contributed by atoms with Crippen LogP contribution in [0.1, 0.15) is 36.2 Å². The predicted octanol–water partition coefficient (Wildman–Crippen LogP) is 3.16. The van der Waals surface area contributed by atoms with E-state index < -0.39 is 0 Å². The summed E-state index contributed by atoms with van der Waals surface area (Å²) in [5.41, 5.74) is 5.98. The van der Waals surface area contributed by atoms with Crippen LogP contribution in [0.2, 0.25) is 0 Å². The summed E-state index contributed by atoms with van der Waals surface area (Å²) >= 11 is 5.55. The molecule has 0 saturated heterocycles. The van der Waals surface area contributed by atoms with Crippen molar-refractivity contribution in [2.75, 3.05) is 14.1 Å². The number of fused-ring (bicyclic) bond motifs is 1. The highest BCUT2D eigenvalue weighted by Gasteiger charge is 2.43. The Morgan fingerprint density at radius 1 is 1.29 bits per heavy atom. The first-order valence-corrected chi connectivity index (χ1v) is 9.80. The second kappa shape index (κ2) is 6.77. The summed E-state index contributed by atoms with van der Waals surface area (Å²) in [6.07, 6.45) is 2.85. The van der Waals surface area contributed by atoms with Crippen LogP contribution in [-0.2, 0) is 7.05 Å². The minimum Gasteiger partial charge on any atom is -0.366 e. The maximum Gasteiger partial charge on any atom is 0.158 e. The van der Waals surface area contributed by atoms with Crippen molar-refractivity contribution in [2.45, 2.75) is 33.1 Å². The molecule has 1 fully saturated rings. The number of thiocarbonyl (C=S) groups is 1. The molecule has 146 valence electrons. The minimum absolute atomic E-state index is 0.293. The molecule has 0 amide bonds. The quantitative estimate of drug-likeness (QED) is 0.387. The highest BCUT2D eigenvalue weighted by atomic mass is 32.1. The van der Waals surface area contributed by atoms with Crippen LogP contribution in [0, 0.1) is 19.8 Å². The third-order valence-electron chi connectivity index (χ3n) is 5.39. The van der Waals surface area contributed by atoms with E-state index in [2.05, 4.69) is 22.2 Å². The van der Waals surface area contributed by atoms with E-state index in [-0.39, 0.29) is 0 Å². The van der Waals surface area contributed by atoms with Crippen LogP contribution in [-0.4, -0.2) is 54.2 Å². The van der Waals surface area contributed by atoms with Gasteiger partial charge in [0.2, 0.25) is 0 Å². The number of rotatable bonds is 3. The van der Waals surface area contributed by atoms with E-state index >= 15 is 0 Å². The Hall–Kier alpha value is -2.61. The smallest absolute Gasteiger partial charge is 0.158 e. The van der Waals surface area contributed by atoms with Crippen LogP contribution in [0.25, 0.3) is 17.0 Å². The Morgan fingerprint density at radius 2 is 2.04 bits per heavy atom. The lowest BCUT2D eigenvalue weighted by atomic mass is 10.2. The SMILES string of the molecule is CC(=NC(=S)C1CC1c1cc(-c2cc(C)n3ncc(C)c3n2)n(C)n1)N(C)C. The molecule has 8 heteroatoms. The first kappa shape index (κ1) is 18.7. The summed E-state index contributed by atoms with van der Waals surface area (Å²) in [6, 6.07) is 4.19. The fourth-order valence-electron chi connectivity index (χ4n) is 3.40. The summed E-state index contributed by atoms with van der Waals surface area (Å²) in [4.78, 5) is 12.1. The summed E-state index contributed by atoms with van der Waals surface area (Å²) in [5, 5.41) is 9.14. The van der Waals surface area contributed by atoms with E-state index in [1.165, 1.54) is 0 Å². The molecule has 1 saturated carbocycles. The topological polar surface area (TPSA) is 63.6 Å². The number of hydrogen-bond acceptors (Lipinski definition) is 4. The van der Waals surface area contributed by atoms with Gasteiger partial charge in [0.15, 0.2) is 5.65 Å². The third kappa shape index (κ3) is 3.22. The lowest BCUT2D eigenvalue weighted by Crippen LogP contribution is -2.19. The zero-order valence-electron chi connectivity index (χ0n) is 17.1. The van der Waals surface area contributed by atoms with Crippen LogP contribution < -0.4 is 0 Å². The Morgan fingerprint density at radius 3 is 2.75 bits per heavy atom. The highest BCUT2D eigenvalue weighted by molar-refractivity contribution is 7.80. The van der Waals surface area contributed by atoms with Gasteiger partial charge in [-0.3, -0.25) is 4.68 Å². The van der Waals surface area contributed by atoms with E-state index in [0.29, 0.717) is 11.8 Å². The molecule has 0 aromatic carbocycles. The largest absolute Gasteiger partial charge is 0.366 e. The molecule has 28 heavy (non-hydrogen) atoms. The molecule has 0 spiro atoms. The van der Waals surface area contributed by atoms with Crippen molar-refractivity contribution in [1.29, 1.82) is 0 Å². The van der Waals surface area contributed by atoms with Crippen LogP contribution in [0.3, 0.4) is 0 Å². The van der Waals surface area contributed by atoms with Crippen LogP contribution >= 0.6 is 12.2 Å². The second-order valence-electron chi connectivity index (χ2n) is 7.76. The van der Waals surface area contributed by atoms with Crippen molar-refractivity contribution in [1.82, 2.24) is 29.3 Å². The fourth-order valence-corrected chi connectivity index (χ4v) is 3.79. The van der Waals surface area contributed by atoms with E-state index in [9.17, 15) is 0 Å². The van der Waals surface area contributed by atoms with Crippen molar-refractivity contribution >= 4 is 28.7 Å². The van der Waals surface area contributed by atoms with Gasteiger partial charge in [-0.05, 0) is 39.3 Å². The summed E-state index contributed by atoms with van der Waals surface area (Å²) in [5.74, 6) is 1.57. The molecule has 4 rings (SSSR count). The van der Waals surface area contributed by atoms with Gasteiger partial charge in [-0.1, -0.05) is 12.2 Å². The molecule has 2 unspecified atom stereocenters. The van der Waals surface area contributed by atoms with Gasteiger partial charge in [0.1, 0.15) is 10.8 Å². The number of amidine groups is 1. The van der Waals surface area contributed by atoms with Gasteiger partial charge in [0.25, 0.3) is 0 Å². The normalized spacial score (nSPS) is 19.3. The molecule has 0 aliphatic heterocycles.